The number of allylic oxidation sites excluding steroid dienone is 4. The highest BCUT2D eigenvalue weighted by Crippen LogP contribution is 2.37. The van der Waals surface area contributed by atoms with Crippen LogP contribution in [-0.2, 0) is 11.2 Å². The van der Waals surface area contributed by atoms with E-state index in [9.17, 15) is 0 Å². The first-order chi connectivity index (χ1) is 21.3. The van der Waals surface area contributed by atoms with Gasteiger partial charge in [0.05, 0.1) is 12.3 Å². The van der Waals surface area contributed by atoms with Gasteiger partial charge in [-0.3, -0.25) is 4.90 Å². The average Bonchev–Trinajstić information content (AvgIpc) is 3.36. The minimum absolute atomic E-state index is 0.372. The van der Waals surface area contributed by atoms with Crippen LogP contribution in [0.5, 0.6) is 0 Å². The summed E-state index contributed by atoms with van der Waals surface area (Å²) in [5, 5.41) is 1.30. The topological polar surface area (TPSA) is 20.6 Å². The van der Waals surface area contributed by atoms with Crippen LogP contribution in [0.1, 0.15) is 124 Å². The maximum absolute atomic E-state index is 5.80. The zero-order valence-electron chi connectivity index (χ0n) is 30.3. The molecule has 2 heterocycles. The van der Waals surface area contributed by atoms with Crippen molar-refractivity contribution < 1.29 is 4.74 Å². The van der Waals surface area contributed by atoms with Crippen molar-refractivity contribution in [2.75, 3.05) is 39.3 Å². The number of hydrogen-bond donors (Lipinski definition) is 0. The van der Waals surface area contributed by atoms with Crippen molar-refractivity contribution in [2.45, 2.75) is 120 Å². The third kappa shape index (κ3) is 11.4. The number of rotatable bonds is 15. The minimum atomic E-state index is 0.372. The molecule has 2 aromatic rings. The molecule has 0 saturated carbocycles. The van der Waals surface area contributed by atoms with E-state index in [2.05, 4.69) is 118 Å². The van der Waals surface area contributed by atoms with Crippen LogP contribution in [0.3, 0.4) is 0 Å². The zero-order chi connectivity index (χ0) is 33.1. The number of piperidine rings is 1. The van der Waals surface area contributed by atoms with E-state index >= 15 is 0 Å². The van der Waals surface area contributed by atoms with Gasteiger partial charge in [0.15, 0.2) is 0 Å². The minimum Gasteiger partial charge on any atom is -0.494 e. The van der Waals surface area contributed by atoms with E-state index in [4.69, 9.17) is 4.74 Å². The highest BCUT2D eigenvalue weighted by atomic mass is 16.5. The first kappa shape index (κ1) is 39.5. The van der Waals surface area contributed by atoms with Crippen molar-refractivity contribution in [3.05, 3.63) is 72.5 Å². The molecule has 2 unspecified atom stereocenters. The largest absolute Gasteiger partial charge is 0.494 e. The molecule has 0 N–H and O–H groups in total. The molecule has 1 fully saturated rings. The maximum atomic E-state index is 5.80. The fourth-order valence-electron chi connectivity index (χ4n) is 5.96. The fraction of sp³-hybridized carbons (Fsp3) is 0.600. The van der Waals surface area contributed by atoms with Crippen LogP contribution in [0.4, 0.5) is 0 Å². The van der Waals surface area contributed by atoms with Crippen LogP contribution in [0.25, 0.3) is 22.2 Å². The Morgan fingerprint density at radius 3 is 2.20 bits per heavy atom. The third-order valence-corrected chi connectivity index (χ3v) is 8.30. The van der Waals surface area contributed by atoms with Gasteiger partial charge in [-0.05, 0) is 103 Å². The molecule has 0 radical (unpaired) electrons. The molecule has 2 atom stereocenters. The quantitative estimate of drug-likeness (QED) is 0.114. The molecule has 3 rings (SSSR count). The van der Waals surface area contributed by atoms with Gasteiger partial charge in [-0.2, -0.15) is 0 Å². The summed E-state index contributed by atoms with van der Waals surface area (Å²) in [7, 11) is 0. The standard InChI is InChI=1S/C35H53N3O.C3H8.C2H6/c1-9-16-27(5)35-32(20-23-37(29(7)17-10-2)25-24-36-21-14-13-15-22-36)33-26-31(30(8)39-12-4)18-19-34(33)38(35)28(6)11-3;1-3-2;1-2/h9-10,16-19,26,28-29H,5,8,11-15,20-25H2,1-4,6-7H3;3H2,1-2H3;1-2H3/b16-9-,17-10+;;. The Morgan fingerprint density at radius 1 is 0.977 bits per heavy atom. The van der Waals surface area contributed by atoms with E-state index in [1.54, 1.807) is 0 Å². The maximum Gasteiger partial charge on any atom is 0.119 e. The number of hydrogen-bond acceptors (Lipinski definition) is 3. The highest BCUT2D eigenvalue weighted by molar-refractivity contribution is 5.93. The molecular formula is C40H67N3O. The first-order valence-electron chi connectivity index (χ1n) is 17.7. The van der Waals surface area contributed by atoms with Gasteiger partial charge in [-0.15, -0.1) is 0 Å². The molecule has 4 nitrogen and oxygen atoms in total. The van der Waals surface area contributed by atoms with Crippen molar-refractivity contribution in [1.29, 1.82) is 0 Å². The molecular weight excluding hydrogens is 538 g/mol. The number of aromatic nitrogens is 1. The van der Waals surface area contributed by atoms with E-state index in [1.807, 2.05) is 20.8 Å². The fourth-order valence-corrected chi connectivity index (χ4v) is 5.96. The van der Waals surface area contributed by atoms with Gasteiger partial charge in [0.25, 0.3) is 0 Å². The van der Waals surface area contributed by atoms with Crippen LogP contribution in [0.2, 0.25) is 0 Å². The lowest BCUT2D eigenvalue weighted by Crippen LogP contribution is -2.41. The molecule has 0 spiro atoms. The van der Waals surface area contributed by atoms with Gasteiger partial charge in [-0.1, -0.05) is 84.9 Å². The van der Waals surface area contributed by atoms with Gasteiger partial charge in [0.2, 0.25) is 0 Å². The van der Waals surface area contributed by atoms with Crippen molar-refractivity contribution >= 4 is 22.2 Å². The van der Waals surface area contributed by atoms with Crippen LogP contribution < -0.4 is 0 Å². The summed E-state index contributed by atoms with van der Waals surface area (Å²) in [4.78, 5) is 5.31. The summed E-state index contributed by atoms with van der Waals surface area (Å²) in [6, 6.07) is 7.48. The summed E-state index contributed by atoms with van der Waals surface area (Å²) in [6.45, 7) is 36.5. The van der Waals surface area contributed by atoms with Crippen LogP contribution in [-0.4, -0.2) is 59.7 Å². The van der Waals surface area contributed by atoms with E-state index in [0.29, 0.717) is 18.7 Å². The Hall–Kier alpha value is -2.56. The first-order valence-corrected chi connectivity index (χ1v) is 17.7. The molecule has 0 aliphatic carbocycles. The third-order valence-electron chi connectivity index (χ3n) is 8.30. The van der Waals surface area contributed by atoms with E-state index in [0.717, 1.165) is 49.4 Å². The highest BCUT2D eigenvalue weighted by Gasteiger charge is 2.23. The van der Waals surface area contributed by atoms with Crippen LogP contribution in [0, 0.1) is 0 Å². The predicted octanol–water partition coefficient (Wildman–Crippen LogP) is 10.9. The second-order valence-electron chi connectivity index (χ2n) is 11.7. The Kier molecular flexibility index (Phi) is 19.8. The molecule has 1 aromatic heterocycles. The van der Waals surface area contributed by atoms with Gasteiger partial charge >= 0.3 is 0 Å². The zero-order valence-corrected chi connectivity index (χ0v) is 30.3. The van der Waals surface area contributed by atoms with Crippen molar-refractivity contribution in [2.24, 2.45) is 0 Å². The average molecular weight is 606 g/mol. The second-order valence-corrected chi connectivity index (χ2v) is 11.7. The Bertz CT molecular complexity index is 1160. The van der Waals surface area contributed by atoms with Gasteiger partial charge in [-0.25, -0.2) is 0 Å². The molecule has 1 saturated heterocycles. The lowest BCUT2D eigenvalue weighted by atomic mass is 10.0. The van der Waals surface area contributed by atoms with Crippen molar-refractivity contribution in [1.82, 2.24) is 14.4 Å². The van der Waals surface area contributed by atoms with E-state index in [1.165, 1.54) is 60.9 Å². The predicted molar refractivity (Wildman–Crippen MR) is 199 cm³/mol. The van der Waals surface area contributed by atoms with Crippen molar-refractivity contribution in [3.63, 3.8) is 0 Å². The number of ether oxygens (including phenoxy) is 1. The van der Waals surface area contributed by atoms with E-state index < -0.39 is 0 Å². The van der Waals surface area contributed by atoms with Gasteiger partial charge in [0, 0.05) is 48.2 Å². The van der Waals surface area contributed by atoms with Gasteiger partial charge < -0.3 is 14.2 Å². The smallest absolute Gasteiger partial charge is 0.119 e. The number of fused-ring (bicyclic) bond motifs is 1. The summed E-state index contributed by atoms with van der Waals surface area (Å²) in [5.41, 5.74) is 6.06. The molecule has 4 heteroatoms. The second kappa shape index (κ2) is 22.0. The van der Waals surface area contributed by atoms with E-state index in [-0.39, 0.29) is 0 Å². The molecule has 1 aliphatic rings. The molecule has 1 aliphatic heterocycles. The number of likely N-dealkylation sites (tertiary alicyclic amines) is 1. The molecule has 248 valence electrons. The summed E-state index contributed by atoms with van der Waals surface area (Å²) in [5.74, 6) is 0.736. The van der Waals surface area contributed by atoms with Crippen molar-refractivity contribution in [3.8, 4) is 0 Å². The lowest BCUT2D eigenvalue weighted by molar-refractivity contribution is 0.169. The molecule has 0 amide bonds. The summed E-state index contributed by atoms with van der Waals surface area (Å²) < 4.78 is 8.33. The normalized spacial score (nSPS) is 15.2. The Balaban J connectivity index is 0.00000182. The lowest BCUT2D eigenvalue weighted by Gasteiger charge is -2.32. The SMILES string of the molecule is C=C(OCC)c1ccc2c(c1)c(CCN(CCN1CCCCC1)C(C)/C=C/C)c(C(=C)/C=C\C)n2C(C)CC.CC.CCC. The molecule has 0 bridgehead atoms. The Labute approximate surface area is 272 Å². The molecule has 1 aromatic carbocycles. The summed E-state index contributed by atoms with van der Waals surface area (Å²) >= 11 is 0. The Morgan fingerprint density at radius 2 is 1.64 bits per heavy atom. The number of nitrogens with zero attached hydrogens (tertiary/aromatic N) is 3. The summed E-state index contributed by atoms with van der Waals surface area (Å²) in [6.07, 6.45) is 16.1. The van der Waals surface area contributed by atoms with Gasteiger partial charge in [0.1, 0.15) is 5.76 Å². The van der Waals surface area contributed by atoms with Crippen LogP contribution >= 0.6 is 0 Å². The van der Waals surface area contributed by atoms with Crippen LogP contribution in [0.15, 0.2) is 55.7 Å². The number of benzene rings is 1. The molecule has 44 heavy (non-hydrogen) atoms. The monoisotopic (exact) mass is 606 g/mol.